The minimum absolute atomic E-state index is 0.0835. The highest BCUT2D eigenvalue weighted by atomic mass is 16.6. The van der Waals surface area contributed by atoms with E-state index in [1.165, 1.54) is 23.2 Å². The fraction of sp³-hybridized carbons (Fsp3) is 0.286. The van der Waals surface area contributed by atoms with Gasteiger partial charge in [-0.25, -0.2) is 0 Å². The van der Waals surface area contributed by atoms with Crippen LogP contribution in [0.2, 0.25) is 0 Å². The van der Waals surface area contributed by atoms with Gasteiger partial charge in [0.1, 0.15) is 0 Å². The van der Waals surface area contributed by atoms with E-state index in [0.29, 0.717) is 23.0 Å². The maximum atomic E-state index is 12.5. The van der Waals surface area contributed by atoms with Gasteiger partial charge in [0.2, 0.25) is 0 Å². The average Bonchev–Trinajstić information content (AvgIpc) is 2.50. The quantitative estimate of drug-likeness (QED) is 0.666. The van der Waals surface area contributed by atoms with Crippen LogP contribution in [0.5, 0.6) is 0 Å². The van der Waals surface area contributed by atoms with Crippen molar-refractivity contribution in [2.75, 3.05) is 19.7 Å². The van der Waals surface area contributed by atoms with Crippen molar-refractivity contribution in [2.45, 2.75) is 6.92 Å². The molecule has 2 aromatic rings. The molecule has 0 aliphatic heterocycles. The lowest BCUT2D eigenvalue weighted by atomic mass is 10.1. The Kier molecular flexibility index (Phi) is 4.44. The summed E-state index contributed by atoms with van der Waals surface area (Å²) in [4.78, 5) is 28.6. The number of aliphatic hydroxyl groups is 1. The van der Waals surface area contributed by atoms with Crippen LogP contribution in [0.1, 0.15) is 17.3 Å². The number of rotatable bonds is 5. The zero-order chi connectivity index (χ0) is 15.4. The number of nitro groups is 1. The number of likely N-dealkylation sites (N-methyl/N-ethyl adjacent to an activating group) is 1. The van der Waals surface area contributed by atoms with Gasteiger partial charge in [0.15, 0.2) is 0 Å². The number of non-ortho nitro benzene ring substituents is 1. The lowest BCUT2D eigenvalue weighted by molar-refractivity contribution is -0.383. The molecule has 0 bridgehead atoms. The zero-order valence-corrected chi connectivity index (χ0v) is 11.5. The van der Waals surface area contributed by atoms with E-state index < -0.39 is 4.92 Å². The van der Waals surface area contributed by atoms with Crippen LogP contribution in [0.25, 0.3) is 10.9 Å². The van der Waals surface area contributed by atoms with Crippen LogP contribution in [0.3, 0.4) is 0 Å². The molecule has 21 heavy (non-hydrogen) atoms. The van der Waals surface area contributed by atoms with E-state index >= 15 is 0 Å². The average molecular weight is 289 g/mol. The third-order valence-corrected chi connectivity index (χ3v) is 3.21. The molecule has 0 saturated heterocycles. The van der Waals surface area contributed by atoms with Gasteiger partial charge in [-0.1, -0.05) is 0 Å². The molecule has 1 amide bonds. The lowest BCUT2D eigenvalue weighted by Gasteiger charge is -2.20. The fourth-order valence-electron chi connectivity index (χ4n) is 2.18. The van der Waals surface area contributed by atoms with E-state index in [9.17, 15) is 14.9 Å². The van der Waals surface area contributed by atoms with Crippen LogP contribution in [-0.2, 0) is 0 Å². The van der Waals surface area contributed by atoms with Gasteiger partial charge in [-0.3, -0.25) is 19.9 Å². The number of fused-ring (bicyclic) bond motifs is 1. The van der Waals surface area contributed by atoms with E-state index in [2.05, 4.69) is 4.98 Å². The molecule has 0 atom stereocenters. The van der Waals surface area contributed by atoms with Crippen molar-refractivity contribution < 1.29 is 14.8 Å². The number of carbonyl (C=O) groups excluding carboxylic acids is 1. The molecular weight excluding hydrogens is 274 g/mol. The first-order valence-corrected chi connectivity index (χ1v) is 6.52. The first kappa shape index (κ1) is 14.9. The molecule has 1 aromatic carbocycles. The van der Waals surface area contributed by atoms with E-state index in [4.69, 9.17) is 5.11 Å². The van der Waals surface area contributed by atoms with Crippen molar-refractivity contribution in [3.05, 3.63) is 46.1 Å². The van der Waals surface area contributed by atoms with Crippen molar-refractivity contribution in [1.29, 1.82) is 0 Å². The molecule has 7 nitrogen and oxygen atoms in total. The van der Waals surface area contributed by atoms with Crippen molar-refractivity contribution in [2.24, 2.45) is 0 Å². The van der Waals surface area contributed by atoms with E-state index in [0.717, 1.165) is 0 Å². The number of nitro benzene ring substituents is 1. The molecule has 0 spiro atoms. The molecule has 0 unspecified atom stereocenters. The topological polar surface area (TPSA) is 96.6 Å². The molecule has 1 N–H and O–H groups in total. The van der Waals surface area contributed by atoms with Gasteiger partial charge < -0.3 is 10.0 Å². The minimum atomic E-state index is -0.496. The van der Waals surface area contributed by atoms with Gasteiger partial charge >= 0.3 is 0 Å². The monoisotopic (exact) mass is 289 g/mol. The molecule has 1 aromatic heterocycles. The van der Waals surface area contributed by atoms with Gasteiger partial charge in [-0.15, -0.1) is 0 Å². The number of carbonyl (C=O) groups is 1. The summed E-state index contributed by atoms with van der Waals surface area (Å²) < 4.78 is 0. The zero-order valence-electron chi connectivity index (χ0n) is 11.5. The Balaban J connectivity index is 2.58. The molecule has 2 rings (SSSR count). The van der Waals surface area contributed by atoms with Crippen molar-refractivity contribution in [1.82, 2.24) is 9.88 Å². The fourth-order valence-corrected chi connectivity index (χ4v) is 2.18. The number of amides is 1. The van der Waals surface area contributed by atoms with Crippen molar-refractivity contribution in [3.63, 3.8) is 0 Å². The SMILES string of the molecule is CCN(CCO)C(=O)c1ccc([N+](=O)[O-])c2cccnc12. The summed E-state index contributed by atoms with van der Waals surface area (Å²) in [6.07, 6.45) is 1.49. The molecule has 110 valence electrons. The van der Waals surface area contributed by atoms with Gasteiger partial charge in [0, 0.05) is 25.4 Å². The Morgan fingerprint density at radius 1 is 1.43 bits per heavy atom. The molecule has 0 aliphatic carbocycles. The van der Waals surface area contributed by atoms with E-state index in [-0.39, 0.29) is 24.7 Å². The Bertz CT molecular complexity index is 687. The molecule has 0 saturated carbocycles. The van der Waals surface area contributed by atoms with Gasteiger partial charge in [-0.2, -0.15) is 0 Å². The predicted molar refractivity (Wildman–Crippen MR) is 77.1 cm³/mol. The molecule has 0 radical (unpaired) electrons. The largest absolute Gasteiger partial charge is 0.395 e. The van der Waals surface area contributed by atoms with Gasteiger partial charge in [-0.05, 0) is 25.1 Å². The molecular formula is C14H15N3O4. The Hall–Kier alpha value is -2.54. The highest BCUT2D eigenvalue weighted by Gasteiger charge is 2.21. The van der Waals surface area contributed by atoms with Gasteiger partial charge in [0.25, 0.3) is 11.6 Å². The predicted octanol–water partition coefficient (Wildman–Crippen LogP) is 1.60. The Morgan fingerprint density at radius 3 is 2.81 bits per heavy atom. The number of hydrogen-bond acceptors (Lipinski definition) is 5. The molecule has 0 aliphatic rings. The van der Waals surface area contributed by atoms with Crippen LogP contribution in [0.15, 0.2) is 30.5 Å². The highest BCUT2D eigenvalue weighted by molar-refractivity contribution is 6.07. The minimum Gasteiger partial charge on any atom is -0.395 e. The summed E-state index contributed by atoms with van der Waals surface area (Å²) in [5.74, 6) is -0.301. The first-order valence-electron chi connectivity index (χ1n) is 6.52. The maximum Gasteiger partial charge on any atom is 0.278 e. The van der Waals surface area contributed by atoms with Crippen LogP contribution in [0, 0.1) is 10.1 Å². The third-order valence-electron chi connectivity index (χ3n) is 3.21. The summed E-state index contributed by atoms with van der Waals surface area (Å²) in [7, 11) is 0. The number of aliphatic hydroxyl groups excluding tert-OH is 1. The lowest BCUT2D eigenvalue weighted by Crippen LogP contribution is -2.33. The Morgan fingerprint density at radius 2 is 2.19 bits per heavy atom. The van der Waals surface area contributed by atoms with E-state index in [1.54, 1.807) is 19.1 Å². The molecule has 1 heterocycles. The number of nitrogens with zero attached hydrogens (tertiary/aromatic N) is 3. The van der Waals surface area contributed by atoms with Crippen molar-refractivity contribution >= 4 is 22.5 Å². The van der Waals surface area contributed by atoms with Crippen LogP contribution in [0.4, 0.5) is 5.69 Å². The second-order valence-corrected chi connectivity index (χ2v) is 4.40. The number of aromatic nitrogens is 1. The summed E-state index contributed by atoms with van der Waals surface area (Å²) in [6, 6.07) is 5.88. The summed E-state index contributed by atoms with van der Waals surface area (Å²) in [5.41, 5.74) is 0.513. The van der Waals surface area contributed by atoms with Crippen LogP contribution in [-0.4, -0.2) is 45.5 Å². The van der Waals surface area contributed by atoms with Crippen LogP contribution >= 0.6 is 0 Å². The highest BCUT2D eigenvalue weighted by Crippen LogP contribution is 2.27. The number of pyridine rings is 1. The summed E-state index contributed by atoms with van der Waals surface area (Å²) in [6.45, 7) is 2.30. The van der Waals surface area contributed by atoms with E-state index in [1.807, 2.05) is 0 Å². The van der Waals surface area contributed by atoms with Crippen molar-refractivity contribution in [3.8, 4) is 0 Å². The normalized spacial score (nSPS) is 10.6. The Labute approximate surface area is 121 Å². The summed E-state index contributed by atoms with van der Waals surface area (Å²) in [5, 5.41) is 20.4. The molecule has 7 heteroatoms. The second kappa shape index (κ2) is 6.27. The van der Waals surface area contributed by atoms with Gasteiger partial charge in [0.05, 0.1) is 28.0 Å². The standard InChI is InChI=1S/C14H15N3O4/c1-2-16(8-9-18)14(19)11-5-6-12(17(20)21)10-4-3-7-15-13(10)11/h3-7,18H,2,8-9H2,1H3. The summed E-state index contributed by atoms with van der Waals surface area (Å²) >= 11 is 0. The van der Waals surface area contributed by atoms with Crippen LogP contribution < -0.4 is 0 Å². The number of benzene rings is 1. The third kappa shape index (κ3) is 2.82. The maximum absolute atomic E-state index is 12.5. The smallest absolute Gasteiger partial charge is 0.278 e. The number of hydrogen-bond donors (Lipinski definition) is 1. The first-order chi connectivity index (χ1) is 10.1. The molecule has 0 fully saturated rings. The second-order valence-electron chi connectivity index (χ2n) is 4.40.